The van der Waals surface area contributed by atoms with Gasteiger partial charge in [-0.05, 0) is 11.5 Å². The summed E-state index contributed by atoms with van der Waals surface area (Å²) in [6.07, 6.45) is 0.949. The minimum atomic E-state index is 0.770. The normalized spacial score (nSPS) is 10.0. The van der Waals surface area contributed by atoms with E-state index in [4.69, 9.17) is 10.1 Å². The highest BCUT2D eigenvalue weighted by Crippen LogP contribution is 2.30. The van der Waals surface area contributed by atoms with Gasteiger partial charge >= 0.3 is 0 Å². The van der Waals surface area contributed by atoms with Crippen LogP contribution in [0.5, 0.6) is 5.06 Å². The summed E-state index contributed by atoms with van der Waals surface area (Å²) in [7, 11) is 0. The monoisotopic (exact) mass is 177 g/mol. The first-order chi connectivity index (χ1) is 5.90. The van der Waals surface area contributed by atoms with Crippen LogP contribution >= 0.6 is 11.3 Å². The molecule has 0 aliphatic heterocycles. The van der Waals surface area contributed by atoms with Crippen molar-refractivity contribution in [2.45, 2.75) is 0 Å². The van der Waals surface area contributed by atoms with Crippen LogP contribution in [0.15, 0.2) is 30.3 Å². The molecule has 3 heteroatoms. The SMILES string of the molecule is N=COc1cc2ccccc2s1. The van der Waals surface area contributed by atoms with Gasteiger partial charge in [0.15, 0.2) is 11.5 Å². The smallest absolute Gasteiger partial charge is 0.183 e. The van der Waals surface area contributed by atoms with Crippen LogP contribution < -0.4 is 4.74 Å². The Morgan fingerprint density at radius 2 is 2.17 bits per heavy atom. The molecule has 1 heterocycles. The lowest BCUT2D eigenvalue weighted by Crippen LogP contribution is -1.81. The van der Waals surface area contributed by atoms with E-state index in [2.05, 4.69) is 0 Å². The molecule has 0 fully saturated rings. The second kappa shape index (κ2) is 2.95. The molecular formula is C9H7NOS. The maximum atomic E-state index is 6.77. The molecule has 1 aromatic carbocycles. The van der Waals surface area contributed by atoms with Crippen molar-refractivity contribution in [1.29, 1.82) is 5.41 Å². The molecule has 12 heavy (non-hydrogen) atoms. The van der Waals surface area contributed by atoms with E-state index in [0.29, 0.717) is 0 Å². The number of fused-ring (bicyclic) bond motifs is 1. The molecule has 1 aromatic heterocycles. The van der Waals surface area contributed by atoms with Crippen LogP contribution in [0.2, 0.25) is 0 Å². The highest BCUT2D eigenvalue weighted by atomic mass is 32.1. The van der Waals surface area contributed by atoms with Crippen molar-refractivity contribution in [3.63, 3.8) is 0 Å². The van der Waals surface area contributed by atoms with Crippen molar-refractivity contribution in [3.8, 4) is 5.06 Å². The molecule has 0 aliphatic rings. The maximum absolute atomic E-state index is 6.77. The van der Waals surface area contributed by atoms with Gasteiger partial charge in [-0.25, -0.2) is 0 Å². The first-order valence-corrected chi connectivity index (χ1v) is 4.36. The highest BCUT2D eigenvalue weighted by molar-refractivity contribution is 7.20. The molecule has 0 atom stereocenters. The maximum Gasteiger partial charge on any atom is 0.183 e. The molecule has 0 saturated heterocycles. The Bertz CT molecular complexity index is 375. The predicted octanol–water partition coefficient (Wildman–Crippen LogP) is 2.89. The molecule has 0 unspecified atom stereocenters. The van der Waals surface area contributed by atoms with Crippen molar-refractivity contribution in [2.75, 3.05) is 0 Å². The Morgan fingerprint density at radius 1 is 1.33 bits per heavy atom. The van der Waals surface area contributed by atoms with Crippen LogP contribution in [-0.2, 0) is 0 Å². The fourth-order valence-corrected chi connectivity index (χ4v) is 1.96. The van der Waals surface area contributed by atoms with Crippen molar-refractivity contribution in [1.82, 2.24) is 0 Å². The van der Waals surface area contributed by atoms with Gasteiger partial charge in [0.05, 0.1) is 0 Å². The summed E-state index contributed by atoms with van der Waals surface area (Å²) >= 11 is 1.55. The number of thiophene rings is 1. The van der Waals surface area contributed by atoms with E-state index in [1.165, 1.54) is 10.1 Å². The molecular weight excluding hydrogens is 170 g/mol. The number of hydrogen-bond acceptors (Lipinski definition) is 3. The quantitative estimate of drug-likeness (QED) is 0.555. The van der Waals surface area contributed by atoms with E-state index < -0.39 is 0 Å². The van der Waals surface area contributed by atoms with Crippen molar-refractivity contribution in [2.24, 2.45) is 0 Å². The van der Waals surface area contributed by atoms with Crippen LogP contribution in [0.4, 0.5) is 0 Å². The molecule has 0 bridgehead atoms. The van der Waals surface area contributed by atoms with Gasteiger partial charge in [-0.15, -0.1) is 0 Å². The predicted molar refractivity (Wildman–Crippen MR) is 51.2 cm³/mol. The summed E-state index contributed by atoms with van der Waals surface area (Å²) in [4.78, 5) is 0. The van der Waals surface area contributed by atoms with Gasteiger partial charge in [0.1, 0.15) is 0 Å². The summed E-state index contributed by atoms with van der Waals surface area (Å²) in [6, 6.07) is 9.99. The third kappa shape index (κ3) is 1.19. The van der Waals surface area contributed by atoms with Gasteiger partial charge in [0.25, 0.3) is 0 Å². The lowest BCUT2D eigenvalue weighted by atomic mass is 10.3. The van der Waals surface area contributed by atoms with Crippen LogP contribution in [0, 0.1) is 5.41 Å². The van der Waals surface area contributed by atoms with Crippen LogP contribution in [0.1, 0.15) is 0 Å². The molecule has 0 aliphatic carbocycles. The van der Waals surface area contributed by atoms with Crippen LogP contribution in [-0.4, -0.2) is 6.40 Å². The second-order valence-electron chi connectivity index (χ2n) is 2.34. The largest absolute Gasteiger partial charge is 0.436 e. The highest BCUT2D eigenvalue weighted by Gasteiger charge is 1.99. The van der Waals surface area contributed by atoms with Crippen LogP contribution in [0.3, 0.4) is 0 Å². The van der Waals surface area contributed by atoms with Gasteiger partial charge < -0.3 is 4.74 Å². The zero-order chi connectivity index (χ0) is 8.39. The van der Waals surface area contributed by atoms with E-state index in [1.54, 1.807) is 11.3 Å². The Balaban J connectivity index is 2.54. The first-order valence-electron chi connectivity index (χ1n) is 3.54. The van der Waals surface area contributed by atoms with Crippen molar-refractivity contribution < 1.29 is 4.74 Å². The second-order valence-corrected chi connectivity index (χ2v) is 3.39. The van der Waals surface area contributed by atoms with E-state index in [0.717, 1.165) is 11.5 Å². The molecule has 2 rings (SSSR count). The average Bonchev–Trinajstić information content (AvgIpc) is 2.47. The van der Waals surface area contributed by atoms with Gasteiger partial charge in [0.2, 0.25) is 0 Å². The van der Waals surface area contributed by atoms with E-state index in [9.17, 15) is 0 Å². The topological polar surface area (TPSA) is 33.1 Å². The molecule has 0 radical (unpaired) electrons. The zero-order valence-corrected chi connectivity index (χ0v) is 7.10. The summed E-state index contributed by atoms with van der Waals surface area (Å²) in [6.45, 7) is 0. The molecule has 0 spiro atoms. The molecule has 0 saturated carbocycles. The molecule has 2 nitrogen and oxygen atoms in total. The first kappa shape index (κ1) is 7.31. The minimum Gasteiger partial charge on any atom is -0.436 e. The van der Waals surface area contributed by atoms with Crippen molar-refractivity contribution in [3.05, 3.63) is 30.3 Å². The molecule has 0 amide bonds. The van der Waals surface area contributed by atoms with Gasteiger partial charge in [0, 0.05) is 10.8 Å². The minimum absolute atomic E-state index is 0.770. The Kier molecular flexibility index (Phi) is 1.80. The van der Waals surface area contributed by atoms with E-state index >= 15 is 0 Å². The number of ether oxygens (including phenoxy) is 1. The lowest BCUT2D eigenvalue weighted by Gasteiger charge is -1.87. The summed E-state index contributed by atoms with van der Waals surface area (Å²) < 4.78 is 6.14. The lowest BCUT2D eigenvalue weighted by molar-refractivity contribution is 0.587. The summed E-state index contributed by atoms with van der Waals surface area (Å²) in [5, 5.41) is 8.71. The number of nitrogens with one attached hydrogen (secondary N) is 1. The standard InChI is InChI=1S/C9H7NOS/c10-6-11-9-5-7-3-1-2-4-8(7)12-9/h1-6,10H. The third-order valence-electron chi connectivity index (χ3n) is 1.58. The van der Waals surface area contributed by atoms with Gasteiger partial charge in [-0.3, -0.25) is 5.41 Å². The number of benzene rings is 1. The Morgan fingerprint density at radius 3 is 2.92 bits per heavy atom. The third-order valence-corrected chi connectivity index (χ3v) is 2.58. The average molecular weight is 177 g/mol. The number of rotatable bonds is 2. The fourth-order valence-electron chi connectivity index (χ4n) is 1.07. The van der Waals surface area contributed by atoms with Gasteiger partial charge in [-0.2, -0.15) is 0 Å². The summed E-state index contributed by atoms with van der Waals surface area (Å²) in [5.41, 5.74) is 0. The van der Waals surface area contributed by atoms with Crippen LogP contribution in [0.25, 0.3) is 10.1 Å². The molecule has 1 N–H and O–H groups in total. The van der Waals surface area contributed by atoms with E-state index in [1.807, 2.05) is 30.3 Å². The van der Waals surface area contributed by atoms with Gasteiger partial charge in [-0.1, -0.05) is 29.5 Å². The van der Waals surface area contributed by atoms with E-state index in [-0.39, 0.29) is 0 Å². The fraction of sp³-hybridized carbons (Fsp3) is 0. The Labute approximate surface area is 73.9 Å². The molecule has 2 aromatic rings. The summed E-state index contributed by atoms with van der Waals surface area (Å²) in [5.74, 6) is 0. The van der Waals surface area contributed by atoms with Crippen molar-refractivity contribution >= 4 is 27.8 Å². The zero-order valence-electron chi connectivity index (χ0n) is 6.28. The molecule has 60 valence electrons. The Hall–Kier alpha value is -1.35. The number of hydrogen-bond donors (Lipinski definition) is 1.